The van der Waals surface area contributed by atoms with E-state index >= 15 is 0 Å². The summed E-state index contributed by atoms with van der Waals surface area (Å²) in [6, 6.07) is 8.03. The first-order valence-corrected chi connectivity index (χ1v) is 4.82. The molecule has 0 heterocycles. The average Bonchev–Trinajstić information content (AvgIpc) is 2.20. The van der Waals surface area contributed by atoms with Gasteiger partial charge in [0.2, 0.25) is 0 Å². The number of benzene rings is 2. The van der Waals surface area contributed by atoms with Crippen molar-refractivity contribution in [2.24, 2.45) is 5.73 Å². The molecular weight excluding hydrogens is 193 g/mol. The van der Waals surface area contributed by atoms with Crippen molar-refractivity contribution in [3.8, 4) is 5.75 Å². The van der Waals surface area contributed by atoms with E-state index in [0.29, 0.717) is 23.7 Å². The molecule has 0 radical (unpaired) electrons. The topological polar surface area (TPSA) is 46.2 Å². The number of hydrogen-bond acceptors (Lipinski definition) is 2. The highest BCUT2D eigenvalue weighted by Crippen LogP contribution is 2.28. The molecule has 2 rings (SSSR count). The highest BCUT2D eigenvalue weighted by atomic mass is 19.1. The zero-order valence-electron chi connectivity index (χ0n) is 8.20. The van der Waals surface area contributed by atoms with Gasteiger partial charge in [0.05, 0.1) is 0 Å². The molecule has 3 heteroatoms. The maximum absolute atomic E-state index is 13.4. The minimum Gasteiger partial charge on any atom is -0.507 e. The minimum absolute atomic E-state index is 0.107. The molecule has 0 aliphatic rings. The van der Waals surface area contributed by atoms with E-state index in [0.717, 1.165) is 5.56 Å². The molecule has 2 nitrogen and oxygen atoms in total. The van der Waals surface area contributed by atoms with Gasteiger partial charge >= 0.3 is 0 Å². The fraction of sp³-hybridized carbons (Fsp3) is 0.167. The molecule has 0 aliphatic heterocycles. The molecule has 0 fully saturated rings. The molecule has 0 aliphatic carbocycles. The fourth-order valence-corrected chi connectivity index (χ4v) is 1.70. The molecule has 15 heavy (non-hydrogen) atoms. The molecule has 0 atom stereocenters. The van der Waals surface area contributed by atoms with Crippen LogP contribution in [-0.2, 0) is 6.42 Å². The number of nitrogens with two attached hydrogens (primary N) is 1. The third kappa shape index (κ3) is 1.78. The van der Waals surface area contributed by atoms with Crippen LogP contribution >= 0.6 is 0 Å². The number of hydrogen-bond donors (Lipinski definition) is 2. The summed E-state index contributed by atoms with van der Waals surface area (Å²) in [5.41, 5.74) is 6.27. The maximum atomic E-state index is 13.4. The highest BCUT2D eigenvalue weighted by Gasteiger charge is 2.06. The average molecular weight is 205 g/mol. The van der Waals surface area contributed by atoms with Gasteiger partial charge in [-0.25, -0.2) is 4.39 Å². The Kier molecular flexibility index (Phi) is 2.56. The predicted molar refractivity (Wildman–Crippen MR) is 58.3 cm³/mol. The van der Waals surface area contributed by atoms with Crippen LogP contribution in [0.3, 0.4) is 0 Å². The number of aromatic hydroxyl groups is 1. The first-order valence-electron chi connectivity index (χ1n) is 4.82. The van der Waals surface area contributed by atoms with E-state index in [9.17, 15) is 9.50 Å². The van der Waals surface area contributed by atoms with Crippen LogP contribution in [0, 0.1) is 5.82 Å². The van der Waals surface area contributed by atoms with Crippen molar-refractivity contribution in [3.05, 3.63) is 41.7 Å². The lowest BCUT2D eigenvalue weighted by molar-refractivity contribution is 0.480. The molecular formula is C12H12FNO. The summed E-state index contributed by atoms with van der Waals surface area (Å²) >= 11 is 0. The van der Waals surface area contributed by atoms with Gasteiger partial charge in [0.25, 0.3) is 0 Å². The molecule has 0 amide bonds. The van der Waals surface area contributed by atoms with Crippen molar-refractivity contribution < 1.29 is 9.50 Å². The summed E-state index contributed by atoms with van der Waals surface area (Å²) < 4.78 is 13.4. The lowest BCUT2D eigenvalue weighted by Crippen LogP contribution is -2.02. The molecule has 2 aromatic carbocycles. The molecule has 3 N–H and O–H groups in total. The van der Waals surface area contributed by atoms with Gasteiger partial charge in [-0.05, 0) is 36.7 Å². The zero-order valence-corrected chi connectivity index (χ0v) is 8.20. The van der Waals surface area contributed by atoms with Crippen LogP contribution < -0.4 is 5.73 Å². The van der Waals surface area contributed by atoms with Crippen LogP contribution in [0.5, 0.6) is 5.75 Å². The summed E-state index contributed by atoms with van der Waals surface area (Å²) in [5, 5.41) is 10.7. The molecule has 0 saturated carbocycles. The van der Waals surface area contributed by atoms with Crippen molar-refractivity contribution in [2.45, 2.75) is 6.42 Å². The van der Waals surface area contributed by atoms with Crippen LogP contribution in [0.4, 0.5) is 4.39 Å². The van der Waals surface area contributed by atoms with Crippen molar-refractivity contribution in [1.29, 1.82) is 0 Å². The van der Waals surface area contributed by atoms with E-state index in [-0.39, 0.29) is 11.6 Å². The van der Waals surface area contributed by atoms with Crippen molar-refractivity contribution in [2.75, 3.05) is 6.54 Å². The Bertz CT molecular complexity index is 496. The third-order valence-electron chi connectivity index (χ3n) is 2.41. The molecule has 0 aromatic heterocycles. The Labute approximate surface area is 87.1 Å². The van der Waals surface area contributed by atoms with Gasteiger partial charge in [-0.2, -0.15) is 0 Å². The van der Waals surface area contributed by atoms with Crippen LogP contribution in [0.25, 0.3) is 10.8 Å². The summed E-state index contributed by atoms with van der Waals surface area (Å²) in [7, 11) is 0. The predicted octanol–water partition coefficient (Wildman–Crippen LogP) is 2.19. The van der Waals surface area contributed by atoms with E-state index in [1.807, 2.05) is 0 Å². The number of rotatable bonds is 2. The second-order valence-corrected chi connectivity index (χ2v) is 3.49. The van der Waals surface area contributed by atoms with Crippen LogP contribution in [0.2, 0.25) is 0 Å². The van der Waals surface area contributed by atoms with Gasteiger partial charge in [-0.3, -0.25) is 0 Å². The zero-order chi connectivity index (χ0) is 10.8. The first-order chi connectivity index (χ1) is 7.22. The normalized spacial score (nSPS) is 10.8. The minimum atomic E-state index is -0.318. The van der Waals surface area contributed by atoms with E-state index in [4.69, 9.17) is 5.73 Å². The number of halogens is 1. The second kappa shape index (κ2) is 3.87. The SMILES string of the molecule is NCCc1cc(O)c2cccc(F)c2c1. The standard InChI is InChI=1S/C12H12FNO/c13-11-3-1-2-9-10(11)6-8(4-5-14)7-12(9)15/h1-3,6-7,15H,4-5,14H2. The Hall–Kier alpha value is -1.61. The maximum Gasteiger partial charge on any atom is 0.131 e. The fourth-order valence-electron chi connectivity index (χ4n) is 1.70. The summed E-state index contributed by atoms with van der Waals surface area (Å²) in [6.07, 6.45) is 0.637. The molecule has 78 valence electrons. The molecule has 0 spiro atoms. The van der Waals surface area contributed by atoms with Crippen LogP contribution in [-0.4, -0.2) is 11.7 Å². The smallest absolute Gasteiger partial charge is 0.131 e. The first kappa shape index (κ1) is 9.93. The number of phenolic OH excluding ortho intramolecular Hbond substituents is 1. The monoisotopic (exact) mass is 205 g/mol. The van der Waals surface area contributed by atoms with Crippen molar-refractivity contribution in [3.63, 3.8) is 0 Å². The van der Waals surface area contributed by atoms with Gasteiger partial charge in [-0.15, -0.1) is 0 Å². The Balaban J connectivity index is 2.68. The lowest BCUT2D eigenvalue weighted by atomic mass is 10.0. The second-order valence-electron chi connectivity index (χ2n) is 3.49. The van der Waals surface area contributed by atoms with Crippen LogP contribution in [0.15, 0.2) is 30.3 Å². The molecule has 0 bridgehead atoms. The number of phenols is 1. The van der Waals surface area contributed by atoms with E-state index in [2.05, 4.69) is 0 Å². The van der Waals surface area contributed by atoms with E-state index in [1.54, 1.807) is 24.3 Å². The van der Waals surface area contributed by atoms with Crippen molar-refractivity contribution >= 4 is 10.8 Å². The quantitative estimate of drug-likeness (QED) is 0.789. The Morgan fingerprint density at radius 3 is 2.73 bits per heavy atom. The molecule has 0 saturated heterocycles. The highest BCUT2D eigenvalue weighted by molar-refractivity contribution is 5.89. The third-order valence-corrected chi connectivity index (χ3v) is 2.41. The Morgan fingerprint density at radius 2 is 2.00 bits per heavy atom. The van der Waals surface area contributed by atoms with Gasteiger partial charge in [0.15, 0.2) is 0 Å². The van der Waals surface area contributed by atoms with Gasteiger partial charge in [0.1, 0.15) is 11.6 Å². The number of fused-ring (bicyclic) bond motifs is 1. The van der Waals surface area contributed by atoms with E-state index < -0.39 is 0 Å². The summed E-state index contributed by atoms with van der Waals surface area (Å²) in [5.74, 6) is -0.211. The lowest BCUT2D eigenvalue weighted by Gasteiger charge is -2.05. The molecule has 2 aromatic rings. The summed E-state index contributed by atoms with van der Waals surface area (Å²) in [4.78, 5) is 0. The summed E-state index contributed by atoms with van der Waals surface area (Å²) in [6.45, 7) is 0.486. The van der Waals surface area contributed by atoms with E-state index in [1.165, 1.54) is 6.07 Å². The van der Waals surface area contributed by atoms with Gasteiger partial charge in [-0.1, -0.05) is 12.1 Å². The molecule has 0 unspecified atom stereocenters. The largest absolute Gasteiger partial charge is 0.507 e. The van der Waals surface area contributed by atoms with Crippen molar-refractivity contribution in [1.82, 2.24) is 0 Å². The van der Waals surface area contributed by atoms with Gasteiger partial charge in [0, 0.05) is 10.8 Å². The Morgan fingerprint density at radius 1 is 1.20 bits per heavy atom. The van der Waals surface area contributed by atoms with Gasteiger partial charge < -0.3 is 10.8 Å². The van der Waals surface area contributed by atoms with Crippen LogP contribution in [0.1, 0.15) is 5.56 Å².